The number of rotatable bonds is 2. The second-order valence-corrected chi connectivity index (χ2v) is 5.62. The quantitative estimate of drug-likeness (QED) is 0.883. The van der Waals surface area contributed by atoms with Crippen molar-refractivity contribution >= 4 is 22.6 Å². The van der Waals surface area contributed by atoms with Gasteiger partial charge in [-0.25, -0.2) is 4.79 Å². The third-order valence-corrected chi connectivity index (χ3v) is 4.15. The van der Waals surface area contributed by atoms with Gasteiger partial charge in [0.1, 0.15) is 0 Å². The monoisotopic (exact) mass is 286 g/mol. The molecule has 0 unspecified atom stereocenters. The zero-order chi connectivity index (χ0) is 15.0. The molecule has 2 heterocycles. The van der Waals surface area contributed by atoms with Gasteiger partial charge in [0, 0.05) is 42.7 Å². The molecule has 1 aliphatic heterocycles. The van der Waals surface area contributed by atoms with Gasteiger partial charge in [0.05, 0.1) is 5.52 Å². The zero-order valence-corrected chi connectivity index (χ0v) is 11.9. The van der Waals surface area contributed by atoms with Gasteiger partial charge in [0.15, 0.2) is 5.60 Å². The number of fused-ring (bicyclic) bond motifs is 1. The van der Waals surface area contributed by atoms with Crippen molar-refractivity contribution in [1.82, 2.24) is 4.98 Å². The standard InChI is InChI=1S/C16H18N2O3/c1-11-10-14(12-4-2-3-5-13(12)17-11)18-8-6-16(21,7-9-18)15(19)20/h2-5,10,21H,6-9H2,1H3,(H,19,20). The van der Waals surface area contributed by atoms with E-state index in [2.05, 4.69) is 9.88 Å². The first-order valence-electron chi connectivity index (χ1n) is 7.07. The number of aliphatic carboxylic acids is 1. The summed E-state index contributed by atoms with van der Waals surface area (Å²) in [6.07, 6.45) is 0.468. The van der Waals surface area contributed by atoms with Gasteiger partial charge < -0.3 is 15.1 Å². The molecule has 5 nitrogen and oxygen atoms in total. The normalized spacial score (nSPS) is 17.9. The van der Waals surface area contributed by atoms with E-state index in [1.54, 1.807) is 0 Å². The van der Waals surface area contributed by atoms with Crippen LogP contribution in [0.25, 0.3) is 10.9 Å². The van der Waals surface area contributed by atoms with Crippen molar-refractivity contribution < 1.29 is 15.0 Å². The van der Waals surface area contributed by atoms with Crippen LogP contribution in [0.4, 0.5) is 5.69 Å². The molecule has 21 heavy (non-hydrogen) atoms. The summed E-state index contributed by atoms with van der Waals surface area (Å²) < 4.78 is 0. The Morgan fingerprint density at radius 3 is 2.62 bits per heavy atom. The number of hydrogen-bond acceptors (Lipinski definition) is 4. The maximum atomic E-state index is 11.1. The minimum Gasteiger partial charge on any atom is -0.479 e. The summed E-state index contributed by atoms with van der Waals surface area (Å²) in [5, 5.41) is 20.2. The average Bonchev–Trinajstić information content (AvgIpc) is 2.47. The number of nitrogens with zero attached hydrogens (tertiary/aromatic N) is 2. The number of carboxylic acids is 1. The number of anilines is 1. The molecule has 0 atom stereocenters. The molecule has 1 saturated heterocycles. The molecule has 2 N–H and O–H groups in total. The van der Waals surface area contributed by atoms with Crippen LogP contribution >= 0.6 is 0 Å². The third-order valence-electron chi connectivity index (χ3n) is 4.15. The van der Waals surface area contributed by atoms with Crippen LogP contribution in [-0.4, -0.2) is 39.9 Å². The van der Waals surface area contributed by atoms with E-state index in [0.717, 1.165) is 22.3 Å². The SMILES string of the molecule is Cc1cc(N2CCC(O)(C(=O)O)CC2)c2ccccc2n1. The number of carbonyl (C=O) groups is 1. The highest BCUT2D eigenvalue weighted by molar-refractivity contribution is 5.92. The lowest BCUT2D eigenvalue weighted by Gasteiger charge is -2.37. The summed E-state index contributed by atoms with van der Waals surface area (Å²) >= 11 is 0. The summed E-state index contributed by atoms with van der Waals surface area (Å²) in [4.78, 5) is 17.8. The fourth-order valence-corrected chi connectivity index (χ4v) is 2.88. The Bertz CT molecular complexity index is 691. The number of carboxylic acid groups (broad SMARTS) is 1. The zero-order valence-electron chi connectivity index (χ0n) is 11.9. The molecule has 1 fully saturated rings. The molecule has 5 heteroatoms. The van der Waals surface area contributed by atoms with Crippen LogP contribution in [0.15, 0.2) is 30.3 Å². The van der Waals surface area contributed by atoms with E-state index in [1.165, 1.54) is 0 Å². The summed E-state index contributed by atoms with van der Waals surface area (Å²) in [5.74, 6) is -1.13. The largest absolute Gasteiger partial charge is 0.479 e. The minimum absolute atomic E-state index is 0.234. The number of aryl methyl sites for hydroxylation is 1. The van der Waals surface area contributed by atoms with E-state index in [-0.39, 0.29) is 12.8 Å². The molecule has 1 aromatic heterocycles. The fourth-order valence-electron chi connectivity index (χ4n) is 2.88. The highest BCUT2D eigenvalue weighted by atomic mass is 16.4. The Morgan fingerprint density at radius 2 is 1.95 bits per heavy atom. The Hall–Kier alpha value is -2.14. The maximum Gasteiger partial charge on any atom is 0.335 e. The Balaban J connectivity index is 1.94. The number of piperidine rings is 1. The fraction of sp³-hybridized carbons (Fsp3) is 0.375. The van der Waals surface area contributed by atoms with Crippen LogP contribution in [-0.2, 0) is 4.79 Å². The summed E-state index contributed by atoms with van der Waals surface area (Å²) in [6.45, 7) is 3.00. The molecule has 0 aliphatic carbocycles. The topological polar surface area (TPSA) is 73.7 Å². The lowest BCUT2D eigenvalue weighted by molar-refractivity contribution is -0.160. The van der Waals surface area contributed by atoms with Crippen LogP contribution < -0.4 is 4.90 Å². The Morgan fingerprint density at radius 1 is 1.29 bits per heavy atom. The van der Waals surface area contributed by atoms with Crippen molar-refractivity contribution in [3.05, 3.63) is 36.0 Å². The number of aliphatic hydroxyl groups is 1. The number of hydrogen-bond donors (Lipinski definition) is 2. The number of pyridine rings is 1. The maximum absolute atomic E-state index is 11.1. The molecule has 1 aliphatic rings. The molecule has 0 radical (unpaired) electrons. The van der Waals surface area contributed by atoms with Gasteiger partial charge in [-0.15, -0.1) is 0 Å². The molecular weight excluding hydrogens is 268 g/mol. The van der Waals surface area contributed by atoms with Crippen LogP contribution in [0, 0.1) is 6.92 Å². The molecule has 0 amide bonds. The second kappa shape index (κ2) is 5.00. The Labute approximate surface area is 122 Å². The number of benzene rings is 1. The minimum atomic E-state index is -1.59. The van der Waals surface area contributed by atoms with Gasteiger partial charge in [-0.2, -0.15) is 0 Å². The van der Waals surface area contributed by atoms with Crippen molar-refractivity contribution in [3.63, 3.8) is 0 Å². The second-order valence-electron chi connectivity index (χ2n) is 5.62. The highest BCUT2D eigenvalue weighted by Crippen LogP contribution is 2.31. The van der Waals surface area contributed by atoms with Gasteiger partial charge in [-0.05, 0) is 19.1 Å². The first-order chi connectivity index (χ1) is 9.99. The average molecular weight is 286 g/mol. The van der Waals surface area contributed by atoms with Crippen molar-refractivity contribution in [2.45, 2.75) is 25.4 Å². The van der Waals surface area contributed by atoms with Gasteiger partial charge in [0.2, 0.25) is 0 Å². The molecular formula is C16H18N2O3. The van der Waals surface area contributed by atoms with Crippen LogP contribution in [0.1, 0.15) is 18.5 Å². The van der Waals surface area contributed by atoms with Gasteiger partial charge in [-0.1, -0.05) is 18.2 Å². The molecule has 0 bridgehead atoms. The van der Waals surface area contributed by atoms with Gasteiger partial charge in [-0.3, -0.25) is 4.98 Å². The van der Waals surface area contributed by atoms with E-state index in [9.17, 15) is 9.90 Å². The van der Waals surface area contributed by atoms with E-state index in [4.69, 9.17) is 5.11 Å². The molecule has 1 aromatic carbocycles. The van der Waals surface area contributed by atoms with E-state index in [1.807, 2.05) is 37.3 Å². The van der Waals surface area contributed by atoms with E-state index in [0.29, 0.717) is 13.1 Å². The lowest BCUT2D eigenvalue weighted by atomic mass is 9.91. The number of para-hydroxylation sites is 1. The van der Waals surface area contributed by atoms with Crippen molar-refractivity contribution in [3.8, 4) is 0 Å². The summed E-state index contributed by atoms with van der Waals surface area (Å²) in [5.41, 5.74) is 1.34. The van der Waals surface area contributed by atoms with Gasteiger partial charge in [0.25, 0.3) is 0 Å². The van der Waals surface area contributed by atoms with Crippen molar-refractivity contribution in [2.24, 2.45) is 0 Å². The van der Waals surface area contributed by atoms with Crippen LogP contribution in [0.5, 0.6) is 0 Å². The highest BCUT2D eigenvalue weighted by Gasteiger charge is 2.39. The predicted octanol–water partition coefficient (Wildman–Crippen LogP) is 1.96. The van der Waals surface area contributed by atoms with Gasteiger partial charge >= 0.3 is 5.97 Å². The molecule has 2 aromatic rings. The smallest absolute Gasteiger partial charge is 0.335 e. The van der Waals surface area contributed by atoms with E-state index >= 15 is 0 Å². The molecule has 3 rings (SSSR count). The van der Waals surface area contributed by atoms with Crippen molar-refractivity contribution in [1.29, 1.82) is 0 Å². The Kier molecular flexibility index (Phi) is 3.29. The first-order valence-corrected chi connectivity index (χ1v) is 7.07. The van der Waals surface area contributed by atoms with Crippen LogP contribution in [0.2, 0.25) is 0 Å². The molecule has 0 saturated carbocycles. The van der Waals surface area contributed by atoms with Crippen LogP contribution in [0.3, 0.4) is 0 Å². The number of aromatic nitrogens is 1. The van der Waals surface area contributed by atoms with Crippen molar-refractivity contribution in [2.75, 3.05) is 18.0 Å². The first kappa shape index (κ1) is 13.8. The van der Waals surface area contributed by atoms with E-state index < -0.39 is 11.6 Å². The predicted molar refractivity (Wildman–Crippen MR) is 80.5 cm³/mol. The molecule has 110 valence electrons. The lowest BCUT2D eigenvalue weighted by Crippen LogP contribution is -2.49. The molecule has 0 spiro atoms. The third kappa shape index (κ3) is 2.45. The summed E-state index contributed by atoms with van der Waals surface area (Å²) in [7, 11) is 0. The summed E-state index contributed by atoms with van der Waals surface area (Å²) in [6, 6.07) is 9.95.